The first-order valence-corrected chi connectivity index (χ1v) is 12.8. The van der Waals surface area contributed by atoms with E-state index in [9.17, 15) is 18.0 Å². The van der Waals surface area contributed by atoms with Crippen molar-refractivity contribution in [3.63, 3.8) is 0 Å². The fourth-order valence-electron chi connectivity index (χ4n) is 2.72. The van der Waals surface area contributed by atoms with E-state index in [1.54, 1.807) is 30.2 Å². The molecule has 14 heteroatoms. The third kappa shape index (κ3) is 6.74. The molecule has 0 fully saturated rings. The molecule has 2 aromatic heterocycles. The summed E-state index contributed by atoms with van der Waals surface area (Å²) in [6, 6.07) is 4.72. The molecule has 0 radical (unpaired) electrons. The van der Waals surface area contributed by atoms with Gasteiger partial charge >= 0.3 is 6.03 Å². The van der Waals surface area contributed by atoms with Gasteiger partial charge in [-0.15, -0.1) is 10.2 Å². The number of sulfonamides is 1. The van der Waals surface area contributed by atoms with Crippen LogP contribution in [0.4, 0.5) is 10.5 Å². The molecule has 1 aromatic carbocycles. The second kappa shape index (κ2) is 11.6. The fraction of sp³-hybridized carbons (Fsp3) is 0.300. The number of carbonyl (C=O) groups excluding carboxylic acids is 2. The summed E-state index contributed by atoms with van der Waals surface area (Å²) in [6.45, 7) is 2.35. The van der Waals surface area contributed by atoms with Crippen LogP contribution in [-0.4, -0.2) is 57.4 Å². The van der Waals surface area contributed by atoms with Crippen LogP contribution in [-0.2, 0) is 21.9 Å². The van der Waals surface area contributed by atoms with E-state index in [2.05, 4.69) is 30.8 Å². The molecule has 3 N–H and O–H groups in total. The third-order valence-electron chi connectivity index (χ3n) is 4.45. The Morgan fingerprint density at radius 3 is 2.56 bits per heavy atom. The van der Waals surface area contributed by atoms with Gasteiger partial charge in [0.1, 0.15) is 5.69 Å². The Morgan fingerprint density at radius 2 is 1.88 bits per heavy atom. The van der Waals surface area contributed by atoms with Crippen molar-refractivity contribution in [3.8, 4) is 11.5 Å². The maximum atomic E-state index is 12.3. The van der Waals surface area contributed by atoms with E-state index in [1.807, 2.05) is 11.6 Å². The summed E-state index contributed by atoms with van der Waals surface area (Å²) in [5.74, 6) is 0.282. The lowest BCUT2D eigenvalue weighted by atomic mass is 10.3. The van der Waals surface area contributed by atoms with E-state index in [4.69, 9.17) is 0 Å². The average molecular weight is 505 g/mol. The standard InChI is InChI=1S/C20H24N8O4S2/c1-3-4-9-23-19(30)27-34(31,32)15-7-5-14(6-8-15)24-17(29)13-33-20-26-25-18(28(20)2)16-12-21-10-11-22-16/h5-8,10-12H,3-4,9,13H2,1-2H3,(H,24,29)(H2,23,27,30). The van der Waals surface area contributed by atoms with Gasteiger partial charge in [-0.1, -0.05) is 25.1 Å². The highest BCUT2D eigenvalue weighted by Gasteiger charge is 2.18. The molecule has 2 heterocycles. The van der Waals surface area contributed by atoms with Crippen molar-refractivity contribution in [2.45, 2.75) is 29.8 Å². The van der Waals surface area contributed by atoms with Crippen LogP contribution < -0.4 is 15.4 Å². The number of nitrogens with one attached hydrogen (secondary N) is 3. The van der Waals surface area contributed by atoms with Gasteiger partial charge in [-0.05, 0) is 30.7 Å². The summed E-state index contributed by atoms with van der Waals surface area (Å²) in [4.78, 5) is 32.2. The largest absolute Gasteiger partial charge is 0.337 e. The fourth-order valence-corrected chi connectivity index (χ4v) is 4.36. The number of aromatic nitrogens is 5. The SMILES string of the molecule is CCCCNC(=O)NS(=O)(=O)c1ccc(NC(=O)CSc2nnc(-c3cnccn3)n2C)cc1. The smallest absolute Gasteiger partial charge is 0.328 e. The number of unbranched alkanes of at least 4 members (excludes halogenated alkanes) is 1. The van der Waals surface area contributed by atoms with Gasteiger partial charge in [0, 0.05) is 31.7 Å². The van der Waals surface area contributed by atoms with Crippen molar-refractivity contribution in [2.24, 2.45) is 7.05 Å². The molecule has 0 aliphatic heterocycles. The highest BCUT2D eigenvalue weighted by atomic mass is 32.2. The molecule has 0 saturated heterocycles. The number of rotatable bonds is 10. The molecule has 0 saturated carbocycles. The van der Waals surface area contributed by atoms with E-state index < -0.39 is 16.1 Å². The highest BCUT2D eigenvalue weighted by Crippen LogP contribution is 2.21. The molecule has 0 bridgehead atoms. The second-order valence-electron chi connectivity index (χ2n) is 7.03. The second-order valence-corrected chi connectivity index (χ2v) is 9.66. The van der Waals surface area contributed by atoms with Crippen LogP contribution in [0, 0.1) is 0 Å². The van der Waals surface area contributed by atoms with E-state index in [1.165, 1.54) is 36.0 Å². The van der Waals surface area contributed by atoms with Gasteiger partial charge in [0.05, 0.1) is 16.8 Å². The molecule has 3 aromatic rings. The first-order valence-electron chi connectivity index (χ1n) is 10.3. The molecule has 0 aliphatic rings. The summed E-state index contributed by atoms with van der Waals surface area (Å²) >= 11 is 1.19. The summed E-state index contributed by atoms with van der Waals surface area (Å²) in [7, 11) is -2.25. The lowest BCUT2D eigenvalue weighted by Crippen LogP contribution is -2.39. The van der Waals surface area contributed by atoms with Crippen LogP contribution in [0.5, 0.6) is 0 Å². The monoisotopic (exact) mass is 504 g/mol. The van der Waals surface area contributed by atoms with Crippen molar-refractivity contribution in [1.82, 2.24) is 34.8 Å². The number of hydrogen-bond acceptors (Lipinski definition) is 9. The van der Waals surface area contributed by atoms with Crippen LogP contribution in [0.15, 0.2) is 52.9 Å². The average Bonchev–Trinajstić information content (AvgIpc) is 3.18. The van der Waals surface area contributed by atoms with Crippen LogP contribution in [0.25, 0.3) is 11.5 Å². The van der Waals surface area contributed by atoms with Crippen molar-refractivity contribution in [1.29, 1.82) is 0 Å². The van der Waals surface area contributed by atoms with Crippen LogP contribution in [0.1, 0.15) is 19.8 Å². The molecule has 0 spiro atoms. The molecule has 3 rings (SSSR count). The molecule has 0 aliphatic carbocycles. The Bertz CT molecular complexity index is 1230. The molecule has 34 heavy (non-hydrogen) atoms. The predicted molar refractivity (Wildman–Crippen MR) is 126 cm³/mol. The van der Waals surface area contributed by atoms with Gasteiger partial charge < -0.3 is 15.2 Å². The van der Waals surface area contributed by atoms with Crippen LogP contribution in [0.3, 0.4) is 0 Å². The molecule has 180 valence electrons. The lowest BCUT2D eigenvalue weighted by Gasteiger charge is -2.09. The highest BCUT2D eigenvalue weighted by molar-refractivity contribution is 7.99. The number of carbonyl (C=O) groups is 2. The van der Waals surface area contributed by atoms with Gasteiger partial charge in [-0.25, -0.2) is 22.9 Å². The van der Waals surface area contributed by atoms with E-state index >= 15 is 0 Å². The van der Waals surface area contributed by atoms with E-state index in [-0.39, 0.29) is 16.6 Å². The summed E-state index contributed by atoms with van der Waals surface area (Å²) in [5.41, 5.74) is 0.979. The van der Waals surface area contributed by atoms with Crippen molar-refractivity contribution in [3.05, 3.63) is 42.9 Å². The Labute approximate surface area is 201 Å². The minimum absolute atomic E-state index is 0.0615. The number of hydrogen-bond donors (Lipinski definition) is 3. The minimum Gasteiger partial charge on any atom is -0.337 e. The van der Waals surface area contributed by atoms with Gasteiger partial charge in [0.15, 0.2) is 11.0 Å². The van der Waals surface area contributed by atoms with Crippen molar-refractivity contribution in [2.75, 3.05) is 17.6 Å². The zero-order valence-corrected chi connectivity index (χ0v) is 20.2. The topological polar surface area (TPSA) is 161 Å². The van der Waals surface area contributed by atoms with Crippen LogP contribution in [0.2, 0.25) is 0 Å². The molecular formula is C20H24N8O4S2. The predicted octanol–water partition coefficient (Wildman–Crippen LogP) is 1.79. The van der Waals surface area contributed by atoms with E-state index in [0.29, 0.717) is 28.9 Å². The van der Waals surface area contributed by atoms with Gasteiger partial charge in [0.25, 0.3) is 10.0 Å². The van der Waals surface area contributed by atoms with Gasteiger partial charge in [0.2, 0.25) is 5.91 Å². The molecule has 0 unspecified atom stereocenters. The minimum atomic E-state index is -4.02. The first kappa shape index (κ1) is 25.1. The normalized spacial score (nSPS) is 11.1. The molecule has 0 atom stereocenters. The molecular weight excluding hydrogens is 480 g/mol. The maximum absolute atomic E-state index is 12.3. The number of nitrogens with zero attached hydrogens (tertiary/aromatic N) is 5. The van der Waals surface area contributed by atoms with Crippen molar-refractivity contribution >= 4 is 39.4 Å². The number of amides is 3. The number of urea groups is 1. The molecule has 12 nitrogen and oxygen atoms in total. The van der Waals surface area contributed by atoms with Gasteiger partial charge in [-0.2, -0.15) is 0 Å². The molecule has 3 amide bonds. The third-order valence-corrected chi connectivity index (χ3v) is 6.82. The Balaban J connectivity index is 1.53. The quantitative estimate of drug-likeness (QED) is 0.276. The first-order chi connectivity index (χ1) is 16.3. The Kier molecular flexibility index (Phi) is 8.54. The van der Waals surface area contributed by atoms with Crippen molar-refractivity contribution < 1.29 is 18.0 Å². The number of thioether (sulfide) groups is 1. The summed E-state index contributed by atoms with van der Waals surface area (Å²) in [5, 5.41) is 13.9. The van der Waals surface area contributed by atoms with Gasteiger partial charge in [-0.3, -0.25) is 9.78 Å². The summed E-state index contributed by atoms with van der Waals surface area (Å²) < 4.78 is 28.3. The Hall–Kier alpha value is -3.52. The zero-order chi connectivity index (χ0) is 24.6. The number of anilines is 1. The van der Waals surface area contributed by atoms with E-state index in [0.717, 1.165) is 12.8 Å². The number of benzene rings is 1. The Morgan fingerprint density at radius 1 is 1.12 bits per heavy atom. The van der Waals surface area contributed by atoms with Crippen LogP contribution >= 0.6 is 11.8 Å². The zero-order valence-electron chi connectivity index (χ0n) is 18.6. The summed E-state index contributed by atoms with van der Waals surface area (Å²) in [6.07, 6.45) is 6.31. The lowest BCUT2D eigenvalue weighted by molar-refractivity contribution is -0.113. The maximum Gasteiger partial charge on any atom is 0.328 e.